The molecule has 0 aliphatic carbocycles. The van der Waals surface area contributed by atoms with Gasteiger partial charge in [-0.3, -0.25) is 19.5 Å². The molecule has 0 radical (unpaired) electrons. The highest BCUT2D eigenvalue weighted by atomic mass is 16.5. The first kappa shape index (κ1) is 23.4. The maximum Gasteiger partial charge on any atom is 0.226 e. The topological polar surface area (TPSA) is 66.0 Å². The third-order valence-electron chi connectivity index (χ3n) is 6.56. The average molecular weight is 451 g/mol. The number of carbonyl (C=O) groups excluding carboxylic acids is 2. The summed E-state index contributed by atoms with van der Waals surface area (Å²) < 4.78 is 5.49. The van der Waals surface area contributed by atoms with E-state index in [0.29, 0.717) is 32.8 Å². The maximum absolute atomic E-state index is 13.6. The third-order valence-corrected chi connectivity index (χ3v) is 6.56. The quantitative estimate of drug-likeness (QED) is 0.719. The highest BCUT2D eigenvalue weighted by Crippen LogP contribution is 2.26. The van der Waals surface area contributed by atoms with Crippen LogP contribution in [-0.4, -0.2) is 66.0 Å². The normalized spacial score (nSPS) is 18.9. The van der Waals surface area contributed by atoms with Crippen molar-refractivity contribution in [2.75, 3.05) is 44.3 Å². The summed E-state index contributed by atoms with van der Waals surface area (Å²) in [7, 11) is 0. The fraction of sp³-hybridized carbons (Fsp3) is 0.500. The van der Waals surface area contributed by atoms with Crippen molar-refractivity contribution in [2.24, 2.45) is 5.92 Å². The van der Waals surface area contributed by atoms with Crippen molar-refractivity contribution in [2.45, 2.75) is 39.3 Å². The van der Waals surface area contributed by atoms with Gasteiger partial charge in [-0.05, 0) is 43.0 Å². The standard InChI is InChI=1S/C26H34N4O3/c1-21(31)30-14-6-13-28(20-24-8-4-5-12-27-24)15-16-29(19-23-7-2-3-9-25(23)30)26(32)22-10-17-33-18-11-22/h2-5,7-9,12,22H,6,10-11,13-20H2,1H3. The van der Waals surface area contributed by atoms with Crippen molar-refractivity contribution in [1.82, 2.24) is 14.8 Å². The fourth-order valence-corrected chi connectivity index (χ4v) is 4.74. The van der Waals surface area contributed by atoms with E-state index in [4.69, 9.17) is 4.74 Å². The van der Waals surface area contributed by atoms with Crippen LogP contribution in [0.15, 0.2) is 48.7 Å². The Morgan fingerprint density at radius 2 is 1.79 bits per heavy atom. The Bertz CT molecular complexity index is 930. The lowest BCUT2D eigenvalue weighted by molar-refractivity contribution is -0.139. The number of nitrogens with zero attached hydrogens (tertiary/aromatic N) is 4. The first-order valence-electron chi connectivity index (χ1n) is 12.0. The molecule has 7 nitrogen and oxygen atoms in total. The largest absolute Gasteiger partial charge is 0.381 e. The van der Waals surface area contributed by atoms with Gasteiger partial charge in [0.15, 0.2) is 0 Å². The minimum Gasteiger partial charge on any atom is -0.381 e. The fourth-order valence-electron chi connectivity index (χ4n) is 4.74. The maximum atomic E-state index is 13.6. The molecular formula is C26H34N4O3. The number of ether oxygens (including phenoxy) is 1. The van der Waals surface area contributed by atoms with Crippen LogP contribution in [-0.2, 0) is 27.4 Å². The summed E-state index contributed by atoms with van der Waals surface area (Å²) in [5.41, 5.74) is 2.95. The number of benzene rings is 1. The first-order valence-corrected chi connectivity index (χ1v) is 12.0. The Labute approximate surface area is 196 Å². The monoisotopic (exact) mass is 450 g/mol. The number of anilines is 1. The van der Waals surface area contributed by atoms with Gasteiger partial charge in [-0.15, -0.1) is 0 Å². The summed E-state index contributed by atoms with van der Waals surface area (Å²) in [5, 5.41) is 0. The Balaban J connectivity index is 1.61. The zero-order chi connectivity index (χ0) is 23.0. The minimum absolute atomic E-state index is 0.00388. The molecule has 2 aliphatic heterocycles. The second-order valence-corrected chi connectivity index (χ2v) is 8.90. The van der Waals surface area contributed by atoms with E-state index in [1.54, 1.807) is 6.92 Å². The molecule has 4 rings (SSSR count). The molecule has 176 valence electrons. The first-order chi connectivity index (χ1) is 16.1. The van der Waals surface area contributed by atoms with Gasteiger partial charge < -0.3 is 14.5 Å². The number of para-hydroxylation sites is 1. The van der Waals surface area contributed by atoms with Crippen molar-refractivity contribution < 1.29 is 14.3 Å². The lowest BCUT2D eigenvalue weighted by Gasteiger charge is -2.32. The van der Waals surface area contributed by atoms with Crippen LogP contribution in [0.3, 0.4) is 0 Å². The molecule has 0 N–H and O–H groups in total. The highest BCUT2D eigenvalue weighted by Gasteiger charge is 2.28. The van der Waals surface area contributed by atoms with Gasteiger partial charge in [0, 0.05) is 77.2 Å². The van der Waals surface area contributed by atoms with Gasteiger partial charge in [-0.1, -0.05) is 24.3 Å². The van der Waals surface area contributed by atoms with Crippen molar-refractivity contribution in [3.8, 4) is 0 Å². The van der Waals surface area contributed by atoms with E-state index in [2.05, 4.69) is 9.88 Å². The van der Waals surface area contributed by atoms with Gasteiger partial charge in [0.05, 0.1) is 5.69 Å². The van der Waals surface area contributed by atoms with Crippen LogP contribution >= 0.6 is 0 Å². The Morgan fingerprint density at radius 3 is 2.55 bits per heavy atom. The molecule has 0 unspecified atom stereocenters. The van der Waals surface area contributed by atoms with Gasteiger partial charge in [-0.2, -0.15) is 0 Å². The lowest BCUT2D eigenvalue weighted by atomic mass is 9.98. The van der Waals surface area contributed by atoms with E-state index in [9.17, 15) is 9.59 Å². The van der Waals surface area contributed by atoms with E-state index < -0.39 is 0 Å². The van der Waals surface area contributed by atoms with Gasteiger partial charge in [0.1, 0.15) is 0 Å². The Hall–Kier alpha value is -2.77. The van der Waals surface area contributed by atoms with Gasteiger partial charge in [0.2, 0.25) is 11.8 Å². The number of fused-ring (bicyclic) bond motifs is 1. The summed E-state index contributed by atoms with van der Waals surface area (Å²) in [6.45, 7) is 7.05. The van der Waals surface area contributed by atoms with Gasteiger partial charge >= 0.3 is 0 Å². The average Bonchev–Trinajstić information content (AvgIpc) is 2.88. The number of rotatable bonds is 3. The summed E-state index contributed by atoms with van der Waals surface area (Å²) in [6, 6.07) is 14.0. The van der Waals surface area contributed by atoms with E-state index in [1.807, 2.05) is 58.5 Å². The number of pyridine rings is 1. The molecule has 1 aromatic heterocycles. The smallest absolute Gasteiger partial charge is 0.226 e. The molecule has 2 amide bonds. The predicted octanol–water partition coefficient (Wildman–Crippen LogP) is 3.10. The molecule has 0 atom stereocenters. The van der Waals surface area contributed by atoms with Crippen LogP contribution in [0.5, 0.6) is 0 Å². The van der Waals surface area contributed by atoms with Crippen LogP contribution in [0.25, 0.3) is 0 Å². The second kappa shape index (κ2) is 11.4. The molecule has 3 heterocycles. The zero-order valence-electron chi connectivity index (χ0n) is 19.5. The summed E-state index contributed by atoms with van der Waals surface area (Å²) >= 11 is 0. The SMILES string of the molecule is CC(=O)N1CCCN(Cc2ccccn2)CCN(C(=O)C2CCOCC2)Cc2ccccc21. The minimum atomic E-state index is 0.00388. The van der Waals surface area contributed by atoms with Crippen LogP contribution in [0.1, 0.15) is 37.4 Å². The van der Waals surface area contributed by atoms with Crippen LogP contribution in [0, 0.1) is 5.92 Å². The van der Waals surface area contributed by atoms with E-state index in [0.717, 1.165) is 55.8 Å². The molecule has 2 aromatic rings. The third kappa shape index (κ3) is 6.18. The van der Waals surface area contributed by atoms with Crippen molar-refractivity contribution in [3.05, 3.63) is 59.9 Å². The molecule has 1 fully saturated rings. The predicted molar refractivity (Wildman–Crippen MR) is 128 cm³/mol. The van der Waals surface area contributed by atoms with Crippen LogP contribution < -0.4 is 4.90 Å². The summed E-state index contributed by atoms with van der Waals surface area (Å²) in [4.78, 5) is 36.8. The summed E-state index contributed by atoms with van der Waals surface area (Å²) in [6.07, 6.45) is 4.22. The molecule has 2 aliphatic rings. The molecule has 33 heavy (non-hydrogen) atoms. The van der Waals surface area contributed by atoms with Gasteiger partial charge in [-0.25, -0.2) is 0 Å². The number of amides is 2. The molecule has 1 saturated heterocycles. The molecule has 1 aromatic carbocycles. The summed E-state index contributed by atoms with van der Waals surface area (Å²) in [5.74, 6) is 0.226. The lowest BCUT2D eigenvalue weighted by Crippen LogP contribution is -2.42. The van der Waals surface area contributed by atoms with E-state index >= 15 is 0 Å². The highest BCUT2D eigenvalue weighted by molar-refractivity contribution is 5.92. The Morgan fingerprint density at radius 1 is 1.00 bits per heavy atom. The molecule has 0 saturated carbocycles. The van der Waals surface area contributed by atoms with E-state index in [-0.39, 0.29) is 17.7 Å². The van der Waals surface area contributed by atoms with Crippen LogP contribution in [0.2, 0.25) is 0 Å². The molecular weight excluding hydrogens is 416 g/mol. The van der Waals surface area contributed by atoms with Crippen LogP contribution in [0.4, 0.5) is 5.69 Å². The van der Waals surface area contributed by atoms with E-state index in [1.165, 1.54) is 0 Å². The number of aromatic nitrogens is 1. The molecule has 7 heteroatoms. The second-order valence-electron chi connectivity index (χ2n) is 8.90. The van der Waals surface area contributed by atoms with Crippen molar-refractivity contribution >= 4 is 17.5 Å². The number of carbonyl (C=O) groups is 2. The number of hydrogen-bond acceptors (Lipinski definition) is 5. The zero-order valence-corrected chi connectivity index (χ0v) is 19.5. The Kier molecular flexibility index (Phi) is 8.07. The van der Waals surface area contributed by atoms with Crippen molar-refractivity contribution in [1.29, 1.82) is 0 Å². The molecule has 0 spiro atoms. The van der Waals surface area contributed by atoms with Crippen molar-refractivity contribution in [3.63, 3.8) is 0 Å². The van der Waals surface area contributed by atoms with Gasteiger partial charge in [0.25, 0.3) is 0 Å². The molecule has 0 bridgehead atoms. The number of hydrogen-bond donors (Lipinski definition) is 0.